The van der Waals surface area contributed by atoms with E-state index in [4.69, 9.17) is 0 Å². The van der Waals surface area contributed by atoms with Gasteiger partial charge in [0.1, 0.15) is 0 Å². The van der Waals surface area contributed by atoms with Crippen molar-refractivity contribution in [3.05, 3.63) is 47.5 Å². The Bertz CT molecular complexity index is 538. The molecule has 0 aromatic heterocycles. The first-order valence-electron chi connectivity index (χ1n) is 7.27. The lowest BCUT2D eigenvalue weighted by molar-refractivity contribution is -0.117. The van der Waals surface area contributed by atoms with Crippen molar-refractivity contribution in [3.8, 4) is 0 Å². The van der Waals surface area contributed by atoms with Gasteiger partial charge in [-0.15, -0.1) is 0 Å². The van der Waals surface area contributed by atoms with Gasteiger partial charge in [0, 0.05) is 5.41 Å². The summed E-state index contributed by atoms with van der Waals surface area (Å²) in [6, 6.07) is 10.3. The minimum absolute atomic E-state index is 0.0280. The van der Waals surface area contributed by atoms with E-state index in [1.807, 2.05) is 24.3 Å². The number of fused-ring (bicyclic) bond motifs is 1. The second kappa shape index (κ2) is 4.06. The molecule has 2 atom stereocenters. The van der Waals surface area contributed by atoms with Crippen molar-refractivity contribution < 1.29 is 4.79 Å². The molecule has 0 amide bonds. The summed E-state index contributed by atoms with van der Waals surface area (Å²) in [7, 11) is 0. The average molecular weight is 254 g/mol. The third kappa shape index (κ3) is 1.79. The molecule has 0 bridgehead atoms. The standard InChI is InChI=1S/C18H22O/c1-17(2)10-7-11-18(3)15(17)12-14(19)16(18)13-8-5-4-6-9-13/h4-6,8-9,12,16H,7,10-11H2,1-3H3/t16-,18-/m1/s1. The monoisotopic (exact) mass is 254 g/mol. The molecule has 1 fully saturated rings. The molecule has 3 rings (SSSR count). The van der Waals surface area contributed by atoms with E-state index in [9.17, 15) is 4.79 Å². The van der Waals surface area contributed by atoms with E-state index in [1.165, 1.54) is 24.0 Å². The topological polar surface area (TPSA) is 17.1 Å². The number of ketones is 1. The molecule has 0 spiro atoms. The first-order chi connectivity index (χ1) is 8.95. The van der Waals surface area contributed by atoms with Gasteiger partial charge in [-0.1, -0.05) is 63.1 Å². The molecular formula is C18H22O. The van der Waals surface area contributed by atoms with Gasteiger partial charge in [-0.3, -0.25) is 4.79 Å². The highest BCUT2D eigenvalue weighted by Gasteiger charge is 2.52. The number of hydrogen-bond acceptors (Lipinski definition) is 1. The summed E-state index contributed by atoms with van der Waals surface area (Å²) in [5.41, 5.74) is 2.76. The number of hydrogen-bond donors (Lipinski definition) is 0. The maximum absolute atomic E-state index is 12.6. The normalized spacial score (nSPS) is 32.9. The first-order valence-corrected chi connectivity index (χ1v) is 7.27. The van der Waals surface area contributed by atoms with Gasteiger partial charge in [-0.2, -0.15) is 0 Å². The molecule has 1 saturated carbocycles. The molecule has 0 aliphatic heterocycles. The van der Waals surface area contributed by atoms with E-state index in [-0.39, 0.29) is 16.7 Å². The molecule has 2 aliphatic carbocycles. The number of rotatable bonds is 1. The molecule has 100 valence electrons. The molecule has 19 heavy (non-hydrogen) atoms. The van der Waals surface area contributed by atoms with Crippen molar-refractivity contribution in [1.82, 2.24) is 0 Å². The van der Waals surface area contributed by atoms with Crippen LogP contribution in [-0.4, -0.2) is 5.78 Å². The first kappa shape index (κ1) is 12.7. The predicted octanol–water partition coefficient (Wildman–Crippen LogP) is 4.50. The quantitative estimate of drug-likeness (QED) is 0.721. The Morgan fingerprint density at radius 2 is 1.74 bits per heavy atom. The Labute approximate surface area is 115 Å². The minimum atomic E-state index is 0.0280. The van der Waals surface area contributed by atoms with Crippen LogP contribution in [-0.2, 0) is 4.79 Å². The van der Waals surface area contributed by atoms with Crippen LogP contribution >= 0.6 is 0 Å². The lowest BCUT2D eigenvalue weighted by Crippen LogP contribution is -2.36. The van der Waals surface area contributed by atoms with Crippen molar-refractivity contribution in [1.29, 1.82) is 0 Å². The zero-order valence-corrected chi connectivity index (χ0v) is 12.1. The third-order valence-electron chi connectivity index (χ3n) is 5.18. The second-order valence-corrected chi connectivity index (χ2v) is 6.96. The van der Waals surface area contributed by atoms with E-state index in [2.05, 4.69) is 32.9 Å². The van der Waals surface area contributed by atoms with Gasteiger partial charge in [-0.05, 0) is 29.9 Å². The minimum Gasteiger partial charge on any atom is -0.294 e. The summed E-state index contributed by atoms with van der Waals surface area (Å²) in [5, 5.41) is 0. The van der Waals surface area contributed by atoms with Crippen LogP contribution in [0, 0.1) is 10.8 Å². The van der Waals surface area contributed by atoms with Crippen LogP contribution < -0.4 is 0 Å². The average Bonchev–Trinajstić information content (AvgIpc) is 2.63. The lowest BCUT2D eigenvalue weighted by Gasteiger charge is -2.46. The maximum Gasteiger partial charge on any atom is 0.163 e. The Morgan fingerprint density at radius 1 is 1.05 bits per heavy atom. The van der Waals surface area contributed by atoms with Crippen LogP contribution in [0.25, 0.3) is 0 Å². The summed E-state index contributed by atoms with van der Waals surface area (Å²) in [5.74, 6) is 0.335. The molecule has 0 unspecified atom stereocenters. The number of benzene rings is 1. The largest absolute Gasteiger partial charge is 0.294 e. The fourth-order valence-electron chi connectivity index (χ4n) is 4.32. The molecule has 1 aromatic carbocycles. The van der Waals surface area contributed by atoms with Crippen LogP contribution in [0.15, 0.2) is 42.0 Å². The summed E-state index contributed by atoms with van der Waals surface area (Å²) in [6.45, 7) is 6.87. The predicted molar refractivity (Wildman–Crippen MR) is 78.0 cm³/mol. The Hall–Kier alpha value is -1.37. The van der Waals surface area contributed by atoms with Gasteiger partial charge in [0.05, 0.1) is 5.92 Å². The second-order valence-electron chi connectivity index (χ2n) is 6.96. The highest BCUT2D eigenvalue weighted by Crippen LogP contribution is 2.60. The SMILES string of the molecule is CC1(C)CCC[C@]2(C)C1=CC(=O)[C@H]2c1ccccc1. The maximum atomic E-state index is 12.6. The van der Waals surface area contributed by atoms with Gasteiger partial charge < -0.3 is 0 Å². The van der Waals surface area contributed by atoms with E-state index in [0.29, 0.717) is 5.78 Å². The summed E-state index contributed by atoms with van der Waals surface area (Å²) in [4.78, 5) is 12.6. The van der Waals surface area contributed by atoms with Gasteiger partial charge >= 0.3 is 0 Å². The van der Waals surface area contributed by atoms with E-state index >= 15 is 0 Å². The van der Waals surface area contributed by atoms with Crippen molar-refractivity contribution in [3.63, 3.8) is 0 Å². The zero-order valence-electron chi connectivity index (χ0n) is 12.1. The van der Waals surface area contributed by atoms with Crippen LogP contribution in [0.4, 0.5) is 0 Å². The Balaban J connectivity index is 2.09. The van der Waals surface area contributed by atoms with Gasteiger partial charge in [-0.25, -0.2) is 0 Å². The summed E-state index contributed by atoms with van der Waals surface area (Å²) >= 11 is 0. The van der Waals surface area contributed by atoms with Crippen molar-refractivity contribution >= 4 is 5.78 Å². The van der Waals surface area contributed by atoms with Gasteiger partial charge in [0.2, 0.25) is 0 Å². The summed E-state index contributed by atoms with van der Waals surface area (Å²) < 4.78 is 0. The van der Waals surface area contributed by atoms with Crippen molar-refractivity contribution in [2.45, 2.75) is 46.0 Å². The molecule has 2 aliphatic rings. The third-order valence-corrected chi connectivity index (χ3v) is 5.18. The molecule has 0 heterocycles. The molecule has 1 nitrogen and oxygen atoms in total. The fraction of sp³-hybridized carbons (Fsp3) is 0.500. The molecule has 0 N–H and O–H groups in total. The zero-order chi connectivity index (χ0) is 13.7. The number of carbonyl (C=O) groups excluding carboxylic acids is 1. The van der Waals surface area contributed by atoms with Gasteiger partial charge in [0.25, 0.3) is 0 Å². The molecule has 0 saturated heterocycles. The molecule has 1 heteroatoms. The van der Waals surface area contributed by atoms with Gasteiger partial charge in [0.15, 0.2) is 5.78 Å². The molecule has 1 aromatic rings. The van der Waals surface area contributed by atoms with Crippen LogP contribution in [0.3, 0.4) is 0 Å². The Morgan fingerprint density at radius 3 is 2.42 bits per heavy atom. The van der Waals surface area contributed by atoms with E-state index < -0.39 is 0 Å². The van der Waals surface area contributed by atoms with E-state index in [0.717, 1.165) is 6.42 Å². The number of allylic oxidation sites excluding steroid dienone is 2. The summed E-state index contributed by atoms with van der Waals surface area (Å²) in [6.07, 6.45) is 5.51. The smallest absolute Gasteiger partial charge is 0.163 e. The van der Waals surface area contributed by atoms with E-state index in [1.54, 1.807) is 0 Å². The molecule has 0 radical (unpaired) electrons. The lowest BCUT2D eigenvalue weighted by atomic mass is 9.58. The van der Waals surface area contributed by atoms with Crippen LogP contribution in [0.1, 0.15) is 51.5 Å². The van der Waals surface area contributed by atoms with Crippen LogP contribution in [0.5, 0.6) is 0 Å². The fourth-order valence-corrected chi connectivity index (χ4v) is 4.32. The molecular weight excluding hydrogens is 232 g/mol. The number of carbonyl (C=O) groups is 1. The Kier molecular flexibility index (Phi) is 2.70. The van der Waals surface area contributed by atoms with Crippen molar-refractivity contribution in [2.75, 3.05) is 0 Å². The highest BCUT2D eigenvalue weighted by molar-refractivity contribution is 6.00. The van der Waals surface area contributed by atoms with Crippen LogP contribution in [0.2, 0.25) is 0 Å². The highest BCUT2D eigenvalue weighted by atomic mass is 16.1. The van der Waals surface area contributed by atoms with Crippen molar-refractivity contribution in [2.24, 2.45) is 10.8 Å².